The molecule has 1 N–H and O–H groups in total. The Morgan fingerprint density at radius 1 is 1.33 bits per heavy atom. The molecule has 0 fully saturated rings. The highest BCUT2D eigenvalue weighted by molar-refractivity contribution is 7.12. The van der Waals surface area contributed by atoms with E-state index in [-0.39, 0.29) is 5.91 Å². The van der Waals surface area contributed by atoms with Gasteiger partial charge in [0.15, 0.2) is 5.69 Å². The van der Waals surface area contributed by atoms with Gasteiger partial charge in [0.2, 0.25) is 5.13 Å². The largest absolute Gasteiger partial charge is 0.347 e. The van der Waals surface area contributed by atoms with E-state index in [0.29, 0.717) is 23.1 Å². The molecule has 3 rings (SSSR count). The van der Waals surface area contributed by atoms with Crippen LogP contribution in [-0.4, -0.2) is 25.9 Å². The second-order valence-corrected chi connectivity index (χ2v) is 5.29. The summed E-state index contributed by atoms with van der Waals surface area (Å²) in [5.74, 6) is -0.237. The highest BCUT2D eigenvalue weighted by atomic mass is 32.1. The van der Waals surface area contributed by atoms with Gasteiger partial charge in [-0.2, -0.15) is 4.68 Å². The van der Waals surface area contributed by atoms with Crippen LogP contribution in [-0.2, 0) is 6.54 Å². The van der Waals surface area contributed by atoms with Crippen LogP contribution < -0.4 is 5.32 Å². The molecule has 0 saturated carbocycles. The smallest absolute Gasteiger partial charge is 0.274 e. The van der Waals surface area contributed by atoms with Gasteiger partial charge >= 0.3 is 0 Å². The first-order valence-electron chi connectivity index (χ1n) is 6.40. The molecule has 0 radical (unpaired) electrons. The molecule has 106 valence electrons. The zero-order chi connectivity index (χ0) is 14.7. The molecule has 1 amide bonds. The average molecular weight is 299 g/mol. The Balaban J connectivity index is 1.74. The molecule has 0 aliphatic rings. The van der Waals surface area contributed by atoms with Crippen LogP contribution in [0.5, 0.6) is 0 Å². The first-order valence-corrected chi connectivity index (χ1v) is 7.28. The van der Waals surface area contributed by atoms with Crippen molar-refractivity contribution < 1.29 is 4.79 Å². The normalized spacial score (nSPS) is 10.5. The lowest BCUT2D eigenvalue weighted by Crippen LogP contribution is -2.24. The van der Waals surface area contributed by atoms with Gasteiger partial charge in [0, 0.05) is 18.1 Å². The van der Waals surface area contributed by atoms with Crippen LogP contribution in [0.1, 0.15) is 21.7 Å². The third-order valence-corrected chi connectivity index (χ3v) is 3.75. The maximum absolute atomic E-state index is 12.2. The number of aromatic nitrogens is 4. The number of carbonyl (C=O) groups excluding carboxylic acids is 1. The Hall–Kier alpha value is -2.54. The van der Waals surface area contributed by atoms with Crippen LogP contribution in [0.15, 0.2) is 41.9 Å². The van der Waals surface area contributed by atoms with E-state index in [1.165, 1.54) is 11.3 Å². The molecule has 0 aliphatic carbocycles. The second-order valence-electron chi connectivity index (χ2n) is 4.42. The number of amides is 1. The number of benzene rings is 1. The number of carbonyl (C=O) groups is 1. The van der Waals surface area contributed by atoms with E-state index in [4.69, 9.17) is 0 Å². The summed E-state index contributed by atoms with van der Waals surface area (Å²) in [6, 6.07) is 9.73. The van der Waals surface area contributed by atoms with Gasteiger partial charge in [-0.1, -0.05) is 35.5 Å². The zero-order valence-corrected chi connectivity index (χ0v) is 12.2. The Kier molecular flexibility index (Phi) is 3.74. The molecule has 7 heteroatoms. The monoisotopic (exact) mass is 299 g/mol. The van der Waals surface area contributed by atoms with Gasteiger partial charge in [-0.15, -0.1) is 16.4 Å². The highest BCUT2D eigenvalue weighted by Gasteiger charge is 2.17. The number of nitrogens with zero attached hydrogens (tertiary/aromatic N) is 4. The second kappa shape index (κ2) is 5.84. The first kappa shape index (κ1) is 13.4. The molecule has 0 atom stereocenters. The van der Waals surface area contributed by atoms with Crippen molar-refractivity contribution in [1.29, 1.82) is 0 Å². The summed E-state index contributed by atoms with van der Waals surface area (Å²) in [5.41, 5.74) is 2.03. The number of hydrogen-bond donors (Lipinski definition) is 1. The molecule has 2 aromatic heterocycles. The average Bonchev–Trinajstić information content (AvgIpc) is 3.15. The molecule has 2 heterocycles. The maximum Gasteiger partial charge on any atom is 0.274 e. The summed E-state index contributed by atoms with van der Waals surface area (Å²) in [6.45, 7) is 2.27. The lowest BCUT2D eigenvalue weighted by atomic mass is 10.2. The molecule has 3 aromatic rings. The predicted octanol–water partition coefficient (Wildman–Crippen LogP) is 1.96. The van der Waals surface area contributed by atoms with E-state index in [2.05, 4.69) is 20.6 Å². The fourth-order valence-corrected chi connectivity index (χ4v) is 2.54. The van der Waals surface area contributed by atoms with E-state index in [1.54, 1.807) is 17.8 Å². The van der Waals surface area contributed by atoms with Crippen molar-refractivity contribution in [3.05, 3.63) is 58.9 Å². The van der Waals surface area contributed by atoms with Crippen LogP contribution in [0.3, 0.4) is 0 Å². The summed E-state index contributed by atoms with van der Waals surface area (Å²) in [4.78, 5) is 16.3. The van der Waals surface area contributed by atoms with Gasteiger partial charge in [0.1, 0.15) is 0 Å². The summed E-state index contributed by atoms with van der Waals surface area (Å²) < 4.78 is 1.57. The van der Waals surface area contributed by atoms with E-state index in [0.717, 1.165) is 5.56 Å². The maximum atomic E-state index is 12.2. The summed E-state index contributed by atoms with van der Waals surface area (Å²) in [7, 11) is 0. The van der Waals surface area contributed by atoms with Crippen molar-refractivity contribution in [1.82, 2.24) is 25.3 Å². The number of thiazole rings is 1. The van der Waals surface area contributed by atoms with Gasteiger partial charge in [-0.3, -0.25) is 4.79 Å². The molecule has 6 nitrogen and oxygen atoms in total. The Labute approximate surface area is 125 Å². The van der Waals surface area contributed by atoms with Crippen molar-refractivity contribution in [3.8, 4) is 5.13 Å². The van der Waals surface area contributed by atoms with Crippen LogP contribution in [0.4, 0.5) is 0 Å². The molecular formula is C14H13N5OS. The SMILES string of the molecule is Cc1c(C(=O)NCc2ccccc2)nnn1-c1nccs1. The van der Waals surface area contributed by atoms with Crippen molar-refractivity contribution >= 4 is 17.2 Å². The number of nitrogens with one attached hydrogen (secondary N) is 1. The van der Waals surface area contributed by atoms with Crippen molar-refractivity contribution in [2.45, 2.75) is 13.5 Å². The molecule has 0 saturated heterocycles. The van der Waals surface area contributed by atoms with E-state index < -0.39 is 0 Å². The molecule has 0 unspecified atom stereocenters. The highest BCUT2D eigenvalue weighted by Crippen LogP contribution is 2.14. The minimum absolute atomic E-state index is 0.237. The lowest BCUT2D eigenvalue weighted by Gasteiger charge is -2.04. The fraction of sp³-hybridized carbons (Fsp3) is 0.143. The predicted molar refractivity (Wildman–Crippen MR) is 79.4 cm³/mol. The Morgan fingerprint density at radius 2 is 2.14 bits per heavy atom. The van der Waals surface area contributed by atoms with Crippen molar-refractivity contribution in [3.63, 3.8) is 0 Å². The first-order chi connectivity index (χ1) is 10.3. The van der Waals surface area contributed by atoms with Crippen LogP contribution in [0.25, 0.3) is 5.13 Å². The van der Waals surface area contributed by atoms with E-state index in [9.17, 15) is 4.79 Å². The van der Waals surface area contributed by atoms with E-state index >= 15 is 0 Å². The summed E-state index contributed by atoms with van der Waals surface area (Å²) >= 11 is 1.44. The van der Waals surface area contributed by atoms with Gasteiger partial charge in [-0.05, 0) is 12.5 Å². The third-order valence-electron chi connectivity index (χ3n) is 3.01. The standard InChI is InChI=1S/C14H13N5OS/c1-10-12(17-18-19(10)14-15-7-8-21-14)13(20)16-9-11-5-3-2-4-6-11/h2-8H,9H2,1H3,(H,16,20). The Morgan fingerprint density at radius 3 is 2.86 bits per heavy atom. The molecule has 0 aliphatic heterocycles. The van der Waals surface area contributed by atoms with Crippen molar-refractivity contribution in [2.75, 3.05) is 0 Å². The summed E-state index contributed by atoms with van der Waals surface area (Å²) in [5, 5.41) is 13.3. The van der Waals surface area contributed by atoms with Gasteiger partial charge in [0.05, 0.1) is 5.69 Å². The van der Waals surface area contributed by atoms with Crippen LogP contribution in [0, 0.1) is 6.92 Å². The number of rotatable bonds is 4. The topological polar surface area (TPSA) is 72.7 Å². The van der Waals surface area contributed by atoms with Gasteiger partial charge in [-0.25, -0.2) is 4.98 Å². The molecule has 1 aromatic carbocycles. The quantitative estimate of drug-likeness (QED) is 0.799. The van der Waals surface area contributed by atoms with Gasteiger partial charge in [0.25, 0.3) is 5.91 Å². The minimum atomic E-state index is -0.237. The van der Waals surface area contributed by atoms with Crippen LogP contribution >= 0.6 is 11.3 Å². The van der Waals surface area contributed by atoms with Crippen LogP contribution in [0.2, 0.25) is 0 Å². The molecule has 0 bridgehead atoms. The summed E-state index contributed by atoms with van der Waals surface area (Å²) in [6.07, 6.45) is 1.69. The molecule has 0 spiro atoms. The minimum Gasteiger partial charge on any atom is -0.347 e. The molecule has 21 heavy (non-hydrogen) atoms. The number of hydrogen-bond acceptors (Lipinski definition) is 5. The lowest BCUT2D eigenvalue weighted by molar-refractivity contribution is 0.0945. The zero-order valence-electron chi connectivity index (χ0n) is 11.4. The third kappa shape index (κ3) is 2.82. The van der Waals surface area contributed by atoms with Crippen molar-refractivity contribution in [2.24, 2.45) is 0 Å². The fourth-order valence-electron chi connectivity index (χ4n) is 1.90. The Bertz CT molecular complexity index is 736. The van der Waals surface area contributed by atoms with Gasteiger partial charge < -0.3 is 5.32 Å². The molecular weight excluding hydrogens is 286 g/mol. The van der Waals surface area contributed by atoms with E-state index in [1.807, 2.05) is 35.7 Å².